The molecule has 0 spiro atoms. The fourth-order valence-corrected chi connectivity index (χ4v) is 4.98. The number of ether oxygens (including phenoxy) is 1. The quantitative estimate of drug-likeness (QED) is 0.831. The van der Waals surface area contributed by atoms with Gasteiger partial charge in [0.15, 0.2) is 0 Å². The van der Waals surface area contributed by atoms with Gasteiger partial charge in [0.1, 0.15) is 5.69 Å². The van der Waals surface area contributed by atoms with E-state index in [-0.39, 0.29) is 18.1 Å². The van der Waals surface area contributed by atoms with Crippen LogP contribution < -0.4 is 0 Å². The van der Waals surface area contributed by atoms with Crippen LogP contribution in [0.5, 0.6) is 0 Å². The number of carbonyl (C=O) groups excluding carboxylic acids is 1. The Balaban J connectivity index is 1.71. The molecule has 2 fully saturated rings. The zero-order valence-corrected chi connectivity index (χ0v) is 14.6. The maximum atomic E-state index is 13.2. The SMILES string of the molecule is CC1CN(C(=O)c2cc3sccc3n2C2CCCC2)CC(C)O1. The molecule has 5 heteroatoms. The second-order valence-corrected chi connectivity index (χ2v) is 7.92. The van der Waals surface area contributed by atoms with Crippen molar-refractivity contribution in [2.45, 2.75) is 57.8 Å². The predicted octanol–water partition coefficient (Wildman–Crippen LogP) is 4.07. The van der Waals surface area contributed by atoms with Crippen molar-refractivity contribution in [3.63, 3.8) is 0 Å². The van der Waals surface area contributed by atoms with Gasteiger partial charge in [-0.05, 0) is 44.2 Å². The van der Waals surface area contributed by atoms with Crippen LogP contribution in [-0.4, -0.2) is 40.7 Å². The Bertz CT molecular complexity index is 704. The lowest BCUT2D eigenvalue weighted by Gasteiger charge is -2.35. The Morgan fingerprint density at radius 2 is 1.91 bits per heavy atom. The zero-order valence-electron chi connectivity index (χ0n) is 13.8. The first-order valence-electron chi connectivity index (χ1n) is 8.66. The van der Waals surface area contributed by atoms with Gasteiger partial charge in [0.25, 0.3) is 5.91 Å². The minimum atomic E-state index is 0.110. The molecule has 4 rings (SSSR count). The molecule has 2 aliphatic rings. The third-order valence-electron chi connectivity index (χ3n) is 5.08. The summed E-state index contributed by atoms with van der Waals surface area (Å²) in [6.07, 6.45) is 5.14. The second kappa shape index (κ2) is 5.95. The van der Waals surface area contributed by atoms with E-state index in [1.165, 1.54) is 35.9 Å². The van der Waals surface area contributed by atoms with Crippen LogP contribution >= 0.6 is 11.3 Å². The molecular formula is C18H24N2O2S. The molecule has 1 saturated heterocycles. The van der Waals surface area contributed by atoms with E-state index in [1.807, 2.05) is 18.7 Å². The van der Waals surface area contributed by atoms with Crippen molar-refractivity contribution in [1.29, 1.82) is 0 Å². The lowest BCUT2D eigenvalue weighted by molar-refractivity contribution is -0.0588. The number of morpholine rings is 1. The lowest BCUT2D eigenvalue weighted by atomic mass is 10.2. The van der Waals surface area contributed by atoms with Crippen LogP contribution in [0.2, 0.25) is 0 Å². The first kappa shape index (κ1) is 15.2. The van der Waals surface area contributed by atoms with E-state index in [2.05, 4.69) is 22.1 Å². The molecule has 124 valence electrons. The van der Waals surface area contributed by atoms with Crippen molar-refractivity contribution >= 4 is 27.5 Å². The van der Waals surface area contributed by atoms with Gasteiger partial charge < -0.3 is 14.2 Å². The van der Waals surface area contributed by atoms with Crippen LogP contribution in [0.15, 0.2) is 17.5 Å². The van der Waals surface area contributed by atoms with Crippen LogP contribution in [0.25, 0.3) is 10.2 Å². The van der Waals surface area contributed by atoms with Gasteiger partial charge in [0.2, 0.25) is 0 Å². The fourth-order valence-electron chi connectivity index (χ4n) is 4.17. The minimum Gasteiger partial charge on any atom is -0.372 e. The molecule has 2 atom stereocenters. The molecule has 1 aliphatic heterocycles. The fraction of sp³-hybridized carbons (Fsp3) is 0.611. The maximum absolute atomic E-state index is 13.2. The summed E-state index contributed by atoms with van der Waals surface area (Å²) in [4.78, 5) is 15.2. The van der Waals surface area contributed by atoms with E-state index < -0.39 is 0 Å². The molecule has 0 N–H and O–H groups in total. The smallest absolute Gasteiger partial charge is 0.270 e. The predicted molar refractivity (Wildman–Crippen MR) is 93.2 cm³/mol. The third kappa shape index (κ3) is 2.70. The molecular weight excluding hydrogens is 308 g/mol. The van der Waals surface area contributed by atoms with Gasteiger partial charge in [-0.1, -0.05) is 12.8 Å². The Morgan fingerprint density at radius 3 is 2.61 bits per heavy atom. The van der Waals surface area contributed by atoms with E-state index in [1.54, 1.807) is 11.3 Å². The van der Waals surface area contributed by atoms with Gasteiger partial charge in [-0.2, -0.15) is 0 Å². The molecule has 2 aromatic rings. The standard InChI is InChI=1S/C18H24N2O2S/c1-12-10-19(11-13(2)22-12)18(21)16-9-17-15(7-8-23-17)20(16)14-5-3-4-6-14/h7-9,12-14H,3-6,10-11H2,1-2H3. The molecule has 2 aromatic heterocycles. The van der Waals surface area contributed by atoms with Gasteiger partial charge in [0.05, 0.1) is 22.4 Å². The summed E-state index contributed by atoms with van der Waals surface area (Å²) < 4.78 is 9.33. The van der Waals surface area contributed by atoms with E-state index in [0.29, 0.717) is 19.1 Å². The molecule has 0 radical (unpaired) electrons. The average Bonchev–Trinajstić information content (AvgIpc) is 3.21. The Labute approximate surface area is 141 Å². The lowest BCUT2D eigenvalue weighted by Crippen LogP contribution is -2.48. The highest BCUT2D eigenvalue weighted by Crippen LogP contribution is 2.37. The molecule has 23 heavy (non-hydrogen) atoms. The van der Waals surface area contributed by atoms with Crippen LogP contribution in [0.1, 0.15) is 56.1 Å². The molecule has 1 amide bonds. The van der Waals surface area contributed by atoms with Crippen LogP contribution in [0, 0.1) is 0 Å². The molecule has 2 unspecified atom stereocenters. The zero-order chi connectivity index (χ0) is 16.0. The Kier molecular flexibility index (Phi) is 3.93. The molecule has 1 aliphatic carbocycles. The first-order chi connectivity index (χ1) is 11.1. The van der Waals surface area contributed by atoms with Gasteiger partial charge in [-0.25, -0.2) is 0 Å². The van der Waals surface area contributed by atoms with E-state index in [9.17, 15) is 4.79 Å². The second-order valence-electron chi connectivity index (χ2n) is 6.98. The number of nitrogens with zero attached hydrogens (tertiary/aromatic N) is 2. The number of hydrogen-bond acceptors (Lipinski definition) is 3. The highest BCUT2D eigenvalue weighted by Gasteiger charge is 2.31. The summed E-state index contributed by atoms with van der Waals surface area (Å²) in [5.74, 6) is 0.169. The summed E-state index contributed by atoms with van der Waals surface area (Å²) in [5, 5.41) is 2.13. The monoisotopic (exact) mass is 332 g/mol. The summed E-state index contributed by atoms with van der Waals surface area (Å²) >= 11 is 1.73. The van der Waals surface area contributed by atoms with E-state index in [4.69, 9.17) is 4.74 Å². The highest BCUT2D eigenvalue weighted by molar-refractivity contribution is 7.17. The van der Waals surface area contributed by atoms with Crippen molar-refractivity contribution in [3.05, 3.63) is 23.2 Å². The minimum absolute atomic E-state index is 0.110. The number of amides is 1. The molecule has 3 heterocycles. The summed E-state index contributed by atoms with van der Waals surface area (Å²) in [7, 11) is 0. The largest absolute Gasteiger partial charge is 0.372 e. The van der Waals surface area contributed by atoms with Crippen LogP contribution in [-0.2, 0) is 4.74 Å². The van der Waals surface area contributed by atoms with E-state index >= 15 is 0 Å². The van der Waals surface area contributed by atoms with Crippen molar-refractivity contribution in [3.8, 4) is 0 Å². The van der Waals surface area contributed by atoms with Crippen molar-refractivity contribution in [2.75, 3.05) is 13.1 Å². The number of aromatic nitrogens is 1. The molecule has 4 nitrogen and oxygen atoms in total. The third-order valence-corrected chi connectivity index (χ3v) is 5.93. The average molecular weight is 332 g/mol. The number of carbonyl (C=O) groups is 1. The summed E-state index contributed by atoms with van der Waals surface area (Å²) in [6, 6.07) is 4.75. The van der Waals surface area contributed by atoms with Gasteiger partial charge in [0, 0.05) is 19.1 Å². The topological polar surface area (TPSA) is 34.5 Å². The summed E-state index contributed by atoms with van der Waals surface area (Å²) in [6.45, 7) is 5.47. The number of thiophene rings is 1. The van der Waals surface area contributed by atoms with Crippen molar-refractivity contribution < 1.29 is 9.53 Å². The summed E-state index contributed by atoms with van der Waals surface area (Å²) in [5.41, 5.74) is 2.11. The van der Waals surface area contributed by atoms with Crippen molar-refractivity contribution in [2.24, 2.45) is 0 Å². The number of rotatable bonds is 2. The molecule has 0 aromatic carbocycles. The Morgan fingerprint density at radius 1 is 1.22 bits per heavy atom. The first-order valence-corrected chi connectivity index (χ1v) is 9.54. The highest BCUT2D eigenvalue weighted by atomic mass is 32.1. The van der Waals surface area contributed by atoms with Crippen LogP contribution in [0.4, 0.5) is 0 Å². The van der Waals surface area contributed by atoms with Gasteiger partial charge in [-0.15, -0.1) is 11.3 Å². The normalized spacial score (nSPS) is 26.3. The van der Waals surface area contributed by atoms with Gasteiger partial charge >= 0.3 is 0 Å². The number of fused-ring (bicyclic) bond motifs is 1. The number of hydrogen-bond donors (Lipinski definition) is 0. The Hall–Kier alpha value is -1.33. The molecule has 0 bridgehead atoms. The van der Waals surface area contributed by atoms with Crippen molar-refractivity contribution in [1.82, 2.24) is 9.47 Å². The molecule has 1 saturated carbocycles. The van der Waals surface area contributed by atoms with Crippen LogP contribution in [0.3, 0.4) is 0 Å². The maximum Gasteiger partial charge on any atom is 0.270 e. The van der Waals surface area contributed by atoms with E-state index in [0.717, 1.165) is 5.69 Å². The van der Waals surface area contributed by atoms with Gasteiger partial charge in [-0.3, -0.25) is 4.79 Å².